The number of aromatic nitrogens is 1. The molecular weight excluding hydrogens is 462 g/mol. The highest BCUT2D eigenvalue weighted by atomic mass is 32.1. The number of hydrogen-bond donors (Lipinski definition) is 2. The minimum atomic E-state index is -0.131. The SMILES string of the molecule is COc1ccccc1CCC(=O)Nc1cc2c(s1)CN(C(=O)NCCc1cnccc1C#N)CC2. The molecule has 0 saturated carbocycles. The summed E-state index contributed by atoms with van der Waals surface area (Å²) >= 11 is 1.52. The zero-order chi connectivity index (χ0) is 24.6. The maximum atomic E-state index is 12.7. The lowest BCUT2D eigenvalue weighted by molar-refractivity contribution is -0.116. The molecule has 3 aromatic rings. The van der Waals surface area contributed by atoms with E-state index >= 15 is 0 Å². The average Bonchev–Trinajstić information content (AvgIpc) is 3.29. The number of para-hydroxylation sites is 1. The van der Waals surface area contributed by atoms with E-state index < -0.39 is 0 Å². The van der Waals surface area contributed by atoms with E-state index in [-0.39, 0.29) is 11.9 Å². The highest BCUT2D eigenvalue weighted by Gasteiger charge is 2.23. The zero-order valence-corrected chi connectivity index (χ0v) is 20.4. The summed E-state index contributed by atoms with van der Waals surface area (Å²) in [6.07, 6.45) is 5.51. The Kier molecular flexibility index (Phi) is 7.95. The fourth-order valence-corrected chi connectivity index (χ4v) is 5.21. The molecule has 3 amide bonds. The molecule has 180 valence electrons. The second kappa shape index (κ2) is 11.5. The Hall–Kier alpha value is -3.90. The third kappa shape index (κ3) is 6.16. The van der Waals surface area contributed by atoms with Crippen LogP contribution in [-0.2, 0) is 30.6 Å². The van der Waals surface area contributed by atoms with Crippen molar-refractivity contribution in [1.29, 1.82) is 5.26 Å². The molecule has 0 saturated heterocycles. The van der Waals surface area contributed by atoms with E-state index in [9.17, 15) is 14.9 Å². The number of anilines is 1. The third-order valence-corrected chi connectivity index (χ3v) is 7.02. The van der Waals surface area contributed by atoms with Gasteiger partial charge in [0.2, 0.25) is 5.91 Å². The molecule has 3 heterocycles. The van der Waals surface area contributed by atoms with E-state index in [4.69, 9.17) is 4.74 Å². The number of nitrogens with one attached hydrogen (secondary N) is 2. The number of aryl methyl sites for hydroxylation is 1. The largest absolute Gasteiger partial charge is 0.496 e. The Morgan fingerprint density at radius 1 is 1.23 bits per heavy atom. The lowest BCUT2D eigenvalue weighted by Gasteiger charge is -2.27. The van der Waals surface area contributed by atoms with Crippen LogP contribution >= 0.6 is 11.3 Å². The maximum Gasteiger partial charge on any atom is 0.317 e. The summed E-state index contributed by atoms with van der Waals surface area (Å²) in [6.45, 7) is 1.56. The number of thiophene rings is 1. The summed E-state index contributed by atoms with van der Waals surface area (Å²) in [5.41, 5.74) is 3.58. The molecule has 1 aliphatic rings. The number of nitriles is 1. The number of methoxy groups -OCH3 is 1. The van der Waals surface area contributed by atoms with Crippen LogP contribution in [-0.4, -0.2) is 42.0 Å². The molecule has 0 atom stereocenters. The van der Waals surface area contributed by atoms with Gasteiger partial charge in [-0.3, -0.25) is 9.78 Å². The number of fused-ring (bicyclic) bond motifs is 1. The van der Waals surface area contributed by atoms with Gasteiger partial charge in [0.25, 0.3) is 0 Å². The van der Waals surface area contributed by atoms with Crippen LogP contribution in [0.5, 0.6) is 5.75 Å². The van der Waals surface area contributed by atoms with Crippen LogP contribution in [0, 0.1) is 11.3 Å². The van der Waals surface area contributed by atoms with Crippen molar-refractivity contribution in [2.45, 2.75) is 32.2 Å². The first kappa shape index (κ1) is 24.2. The molecule has 0 bridgehead atoms. The van der Waals surface area contributed by atoms with Gasteiger partial charge in [0.1, 0.15) is 5.75 Å². The van der Waals surface area contributed by atoms with E-state index in [1.54, 1.807) is 30.5 Å². The van der Waals surface area contributed by atoms with Crippen molar-refractivity contribution >= 4 is 28.3 Å². The van der Waals surface area contributed by atoms with Gasteiger partial charge >= 0.3 is 6.03 Å². The monoisotopic (exact) mass is 489 g/mol. The lowest BCUT2D eigenvalue weighted by Crippen LogP contribution is -2.43. The third-order valence-electron chi connectivity index (χ3n) is 5.94. The van der Waals surface area contributed by atoms with Gasteiger partial charge in [-0.1, -0.05) is 18.2 Å². The van der Waals surface area contributed by atoms with Crippen LogP contribution in [0.4, 0.5) is 9.80 Å². The quantitative estimate of drug-likeness (QED) is 0.499. The molecular formula is C26H27N5O3S. The van der Waals surface area contributed by atoms with Crippen LogP contribution < -0.4 is 15.4 Å². The van der Waals surface area contributed by atoms with Crippen molar-refractivity contribution in [2.75, 3.05) is 25.5 Å². The number of carbonyl (C=O) groups excluding carboxylic acids is 2. The highest BCUT2D eigenvalue weighted by molar-refractivity contribution is 7.16. The zero-order valence-electron chi connectivity index (χ0n) is 19.5. The summed E-state index contributed by atoms with van der Waals surface area (Å²) in [6, 6.07) is 13.4. The van der Waals surface area contributed by atoms with E-state index in [2.05, 4.69) is 21.7 Å². The number of ether oxygens (including phenoxy) is 1. The summed E-state index contributed by atoms with van der Waals surface area (Å²) in [4.78, 5) is 32.1. The Morgan fingerprint density at radius 3 is 2.91 bits per heavy atom. The van der Waals surface area contributed by atoms with Gasteiger partial charge in [-0.2, -0.15) is 5.26 Å². The van der Waals surface area contributed by atoms with Gasteiger partial charge in [-0.15, -0.1) is 11.3 Å². The Morgan fingerprint density at radius 2 is 2.09 bits per heavy atom. The first-order valence-electron chi connectivity index (χ1n) is 11.5. The van der Waals surface area contributed by atoms with E-state index in [1.165, 1.54) is 16.9 Å². The maximum absolute atomic E-state index is 12.7. The standard InChI is InChI=1S/C26H27N5O3S/c1-34-22-5-3-2-4-18(22)6-7-24(32)30-25-14-19-10-13-31(17-23(19)35-25)26(33)29-12-9-21-16-28-11-8-20(21)15-27/h2-5,8,11,14,16H,6-7,9-10,12-13,17H2,1H3,(H,29,33)(H,30,32). The number of rotatable bonds is 8. The molecule has 2 N–H and O–H groups in total. The first-order chi connectivity index (χ1) is 17.1. The second-order valence-corrected chi connectivity index (χ2v) is 9.35. The smallest absolute Gasteiger partial charge is 0.317 e. The highest BCUT2D eigenvalue weighted by Crippen LogP contribution is 2.32. The number of benzene rings is 1. The fourth-order valence-electron chi connectivity index (χ4n) is 4.06. The number of nitrogens with zero attached hydrogens (tertiary/aromatic N) is 3. The van der Waals surface area contributed by atoms with E-state index in [0.29, 0.717) is 44.5 Å². The Labute approximate surface area is 208 Å². The van der Waals surface area contributed by atoms with Gasteiger partial charge in [-0.25, -0.2) is 4.79 Å². The molecule has 0 fully saturated rings. The number of urea groups is 1. The number of pyridine rings is 1. The van der Waals surface area contributed by atoms with Crippen LogP contribution in [0.3, 0.4) is 0 Å². The van der Waals surface area contributed by atoms with Crippen molar-refractivity contribution in [3.8, 4) is 11.8 Å². The van der Waals surface area contributed by atoms with Crippen molar-refractivity contribution in [3.63, 3.8) is 0 Å². The topological polar surface area (TPSA) is 107 Å². The summed E-state index contributed by atoms with van der Waals surface area (Å²) in [5.74, 6) is 0.743. The molecule has 2 aromatic heterocycles. The molecule has 8 nitrogen and oxygen atoms in total. The van der Waals surface area contributed by atoms with Gasteiger partial charge in [0, 0.05) is 36.8 Å². The first-order valence-corrected chi connectivity index (χ1v) is 12.3. The molecule has 4 rings (SSSR count). The van der Waals surface area contributed by atoms with Crippen molar-refractivity contribution < 1.29 is 14.3 Å². The molecule has 1 aromatic carbocycles. The van der Waals surface area contributed by atoms with Crippen LogP contribution in [0.2, 0.25) is 0 Å². The summed E-state index contributed by atoms with van der Waals surface area (Å²) < 4.78 is 5.36. The van der Waals surface area contributed by atoms with Gasteiger partial charge in [-0.05, 0) is 54.2 Å². The van der Waals surface area contributed by atoms with Crippen molar-refractivity contribution in [1.82, 2.24) is 15.2 Å². The molecule has 0 spiro atoms. The molecule has 0 radical (unpaired) electrons. The molecule has 0 aliphatic carbocycles. The molecule has 9 heteroatoms. The minimum Gasteiger partial charge on any atom is -0.496 e. The molecule has 0 unspecified atom stereocenters. The Balaban J connectivity index is 1.26. The normalized spacial score (nSPS) is 12.4. The average molecular weight is 490 g/mol. The van der Waals surface area contributed by atoms with Crippen LogP contribution in [0.25, 0.3) is 0 Å². The number of amides is 3. The Bertz CT molecular complexity index is 1250. The van der Waals surface area contributed by atoms with E-state index in [1.807, 2.05) is 30.3 Å². The van der Waals surface area contributed by atoms with Crippen molar-refractivity contribution in [3.05, 3.63) is 75.9 Å². The summed E-state index contributed by atoms with van der Waals surface area (Å²) in [5, 5.41) is 15.9. The molecule has 1 aliphatic heterocycles. The molecule has 35 heavy (non-hydrogen) atoms. The minimum absolute atomic E-state index is 0.0451. The van der Waals surface area contributed by atoms with Crippen LogP contribution in [0.1, 0.15) is 33.6 Å². The van der Waals surface area contributed by atoms with E-state index in [0.717, 1.165) is 33.2 Å². The van der Waals surface area contributed by atoms with Crippen molar-refractivity contribution in [2.24, 2.45) is 0 Å². The second-order valence-electron chi connectivity index (χ2n) is 8.22. The van der Waals surface area contributed by atoms with Gasteiger partial charge in [0.15, 0.2) is 0 Å². The number of hydrogen-bond acceptors (Lipinski definition) is 6. The predicted octanol–water partition coefficient (Wildman–Crippen LogP) is 3.91. The fraction of sp³-hybridized carbons (Fsp3) is 0.308. The van der Waals surface area contributed by atoms with Gasteiger partial charge in [0.05, 0.1) is 30.3 Å². The predicted molar refractivity (Wildman–Crippen MR) is 134 cm³/mol. The van der Waals surface area contributed by atoms with Crippen LogP contribution in [0.15, 0.2) is 48.8 Å². The number of carbonyl (C=O) groups is 2. The summed E-state index contributed by atoms with van der Waals surface area (Å²) in [7, 11) is 1.63. The van der Waals surface area contributed by atoms with Gasteiger partial charge < -0.3 is 20.3 Å². The lowest BCUT2D eigenvalue weighted by atomic mass is 10.1.